The number of aromatic amines is 1. The number of β-lactam (4-membered cyclic amide) rings is 1. The van der Waals surface area contributed by atoms with Crippen LogP contribution in [0.5, 0.6) is 5.75 Å². The molecule has 0 spiro atoms. The number of aromatic nitrogens is 1. The lowest BCUT2D eigenvalue weighted by Gasteiger charge is -2.50. The van der Waals surface area contributed by atoms with Gasteiger partial charge in [-0.15, -0.1) is 11.8 Å². The van der Waals surface area contributed by atoms with Crippen molar-refractivity contribution in [3.8, 4) is 17.0 Å². The highest BCUT2D eigenvalue weighted by atomic mass is 32.2. The van der Waals surface area contributed by atoms with Gasteiger partial charge in [0.1, 0.15) is 29.6 Å². The van der Waals surface area contributed by atoms with E-state index in [2.05, 4.69) is 10.3 Å². The predicted octanol–water partition coefficient (Wildman–Crippen LogP) is 4.48. The van der Waals surface area contributed by atoms with E-state index in [4.69, 9.17) is 14.2 Å². The average molecular weight is 608 g/mol. The maximum atomic E-state index is 13.8. The lowest BCUT2D eigenvalue weighted by Crippen LogP contribution is -2.70. The molecule has 43 heavy (non-hydrogen) atoms. The van der Waals surface area contributed by atoms with Crippen LogP contribution in [0.15, 0.2) is 47.7 Å². The second kappa shape index (κ2) is 11.3. The maximum Gasteiger partial charge on any atom is 0.302 e. The van der Waals surface area contributed by atoms with Crippen LogP contribution in [0.3, 0.4) is 0 Å². The van der Waals surface area contributed by atoms with Gasteiger partial charge in [0.05, 0.1) is 17.9 Å². The molecule has 1 fully saturated rings. The van der Waals surface area contributed by atoms with Gasteiger partial charge in [0.15, 0.2) is 6.61 Å². The topological polar surface area (TPSA) is 110 Å². The number of ether oxygens (including phenoxy) is 3. The van der Waals surface area contributed by atoms with Crippen molar-refractivity contribution in [1.29, 1.82) is 0 Å². The lowest BCUT2D eigenvalue weighted by atomic mass is 9.89. The number of carbonyl (C=O) groups is 3. The summed E-state index contributed by atoms with van der Waals surface area (Å²) in [4.78, 5) is 42.5. The van der Waals surface area contributed by atoms with E-state index < -0.39 is 23.5 Å². The van der Waals surface area contributed by atoms with E-state index >= 15 is 0 Å². The van der Waals surface area contributed by atoms with Gasteiger partial charge in [0, 0.05) is 34.8 Å². The van der Waals surface area contributed by atoms with E-state index in [0.717, 1.165) is 51.7 Å². The van der Waals surface area contributed by atoms with Crippen molar-refractivity contribution >= 4 is 40.4 Å². The fourth-order valence-corrected chi connectivity index (χ4v) is 7.09. The van der Waals surface area contributed by atoms with Gasteiger partial charge in [-0.25, -0.2) is 4.39 Å². The van der Waals surface area contributed by atoms with Crippen molar-refractivity contribution in [3.63, 3.8) is 0 Å². The molecule has 1 aromatic heterocycles. The molecule has 1 aliphatic carbocycles. The molecular weight excluding hydrogens is 573 g/mol. The smallest absolute Gasteiger partial charge is 0.302 e. The first-order valence-corrected chi connectivity index (χ1v) is 15.3. The molecule has 1 saturated heterocycles. The highest BCUT2D eigenvalue weighted by Gasteiger charge is 2.52. The number of carbonyl (C=O) groups excluding carboxylic acids is 3. The Labute approximate surface area is 253 Å². The number of benzene rings is 2. The molecule has 2 unspecified atom stereocenters. The number of halogens is 1. The van der Waals surface area contributed by atoms with Crippen LogP contribution in [0.4, 0.5) is 4.39 Å². The van der Waals surface area contributed by atoms with E-state index in [1.54, 1.807) is 17.0 Å². The zero-order chi connectivity index (χ0) is 30.5. The van der Waals surface area contributed by atoms with Crippen molar-refractivity contribution in [2.75, 3.05) is 25.6 Å². The second-order valence-electron chi connectivity index (χ2n) is 12.0. The molecule has 2 atom stereocenters. The standard InChI is InChI=1S/C32H34FN3O6S/c1-17(37)40-13-19-16-43-31-29(30(39)36(31)26(19)14-42-32(2,3)4)35-27(38)15-41-21-7-9-22-18(11-21)5-8-23-24-12-20(33)6-10-25(24)34-28(22)23/h6-7,9-12,29,31,34H,5,8,13-16H2,1-4H3,(H,35,38). The fraction of sp³-hybridized carbons (Fsp3) is 0.406. The number of thioether (sulfide) groups is 1. The van der Waals surface area contributed by atoms with Crippen molar-refractivity contribution in [1.82, 2.24) is 15.2 Å². The Morgan fingerprint density at radius 1 is 1.14 bits per heavy atom. The van der Waals surface area contributed by atoms with Crippen LogP contribution < -0.4 is 10.1 Å². The van der Waals surface area contributed by atoms with E-state index in [1.165, 1.54) is 24.8 Å². The van der Waals surface area contributed by atoms with E-state index in [1.807, 2.05) is 39.0 Å². The van der Waals surface area contributed by atoms with E-state index in [9.17, 15) is 18.8 Å². The number of esters is 1. The van der Waals surface area contributed by atoms with Gasteiger partial charge in [-0.3, -0.25) is 19.3 Å². The summed E-state index contributed by atoms with van der Waals surface area (Å²) < 4.78 is 30.8. The SMILES string of the molecule is CC(=O)OCC1=C(COC(C)(C)C)N2C(=O)C(NC(=O)COc3ccc4c(c3)CCc3c-4[nH]c4ccc(F)cc34)C2SC1. The summed E-state index contributed by atoms with van der Waals surface area (Å²) in [6, 6.07) is 9.81. The van der Waals surface area contributed by atoms with Crippen LogP contribution in [0, 0.1) is 5.82 Å². The van der Waals surface area contributed by atoms with Crippen molar-refractivity contribution in [2.24, 2.45) is 0 Å². The highest BCUT2D eigenvalue weighted by molar-refractivity contribution is 8.00. The molecule has 0 bridgehead atoms. The number of nitrogens with zero attached hydrogens (tertiary/aromatic N) is 1. The summed E-state index contributed by atoms with van der Waals surface area (Å²) >= 11 is 1.51. The zero-order valence-corrected chi connectivity index (χ0v) is 25.4. The molecule has 9 nitrogen and oxygen atoms in total. The van der Waals surface area contributed by atoms with Gasteiger partial charge in [-0.1, -0.05) is 0 Å². The second-order valence-corrected chi connectivity index (χ2v) is 13.1. The fourth-order valence-electron chi connectivity index (χ4n) is 5.71. The number of hydrogen-bond acceptors (Lipinski definition) is 7. The van der Waals surface area contributed by atoms with Crippen molar-refractivity contribution in [3.05, 3.63) is 64.6 Å². The van der Waals surface area contributed by atoms with E-state index in [0.29, 0.717) is 17.2 Å². The lowest BCUT2D eigenvalue weighted by molar-refractivity contribution is -0.147. The minimum absolute atomic E-state index is 0.0907. The van der Waals surface area contributed by atoms with Crippen LogP contribution in [-0.4, -0.2) is 70.3 Å². The summed E-state index contributed by atoms with van der Waals surface area (Å²) in [6.07, 6.45) is 1.55. The molecule has 3 heterocycles. The first kappa shape index (κ1) is 29.3. The molecule has 0 radical (unpaired) electrons. The molecule has 6 rings (SSSR count). The third kappa shape index (κ3) is 5.88. The first-order valence-electron chi connectivity index (χ1n) is 14.3. The third-order valence-corrected chi connectivity index (χ3v) is 9.15. The van der Waals surface area contributed by atoms with Crippen LogP contribution in [0.25, 0.3) is 22.2 Å². The molecule has 0 saturated carbocycles. The summed E-state index contributed by atoms with van der Waals surface area (Å²) in [5.41, 5.74) is 6.20. The maximum absolute atomic E-state index is 13.8. The summed E-state index contributed by atoms with van der Waals surface area (Å²) in [5.74, 6) is -0.160. The van der Waals surface area contributed by atoms with Gasteiger partial charge < -0.3 is 24.5 Å². The zero-order valence-electron chi connectivity index (χ0n) is 24.5. The Balaban J connectivity index is 1.09. The van der Waals surface area contributed by atoms with Crippen molar-refractivity contribution in [2.45, 2.75) is 57.6 Å². The van der Waals surface area contributed by atoms with Crippen molar-refractivity contribution < 1.29 is 33.0 Å². The van der Waals surface area contributed by atoms with Crippen LogP contribution in [0.2, 0.25) is 0 Å². The molecule has 2 N–H and O–H groups in total. The minimum atomic E-state index is -0.685. The molecular formula is C32H34FN3O6S. The quantitative estimate of drug-likeness (QED) is 0.287. The van der Waals surface area contributed by atoms with Crippen LogP contribution in [0.1, 0.15) is 38.8 Å². The highest BCUT2D eigenvalue weighted by Crippen LogP contribution is 2.41. The van der Waals surface area contributed by atoms with Gasteiger partial charge in [-0.05, 0) is 86.7 Å². The number of H-pyrrole nitrogens is 1. The van der Waals surface area contributed by atoms with E-state index in [-0.39, 0.29) is 36.9 Å². The third-order valence-electron chi connectivity index (χ3n) is 7.81. The Morgan fingerprint density at radius 2 is 1.95 bits per heavy atom. The van der Waals surface area contributed by atoms with Gasteiger partial charge >= 0.3 is 5.97 Å². The Bertz CT molecular complexity index is 1660. The Hall–Kier alpha value is -3.83. The summed E-state index contributed by atoms with van der Waals surface area (Å²) in [6.45, 7) is 7.19. The number of nitrogens with one attached hydrogen (secondary N) is 2. The predicted molar refractivity (Wildman–Crippen MR) is 161 cm³/mol. The number of rotatable bonds is 8. The Morgan fingerprint density at radius 3 is 2.72 bits per heavy atom. The minimum Gasteiger partial charge on any atom is -0.484 e. The molecule has 2 amide bonds. The Kier molecular flexibility index (Phi) is 7.72. The summed E-state index contributed by atoms with van der Waals surface area (Å²) in [7, 11) is 0. The number of hydrogen-bond donors (Lipinski definition) is 2. The van der Waals surface area contributed by atoms with Crippen LogP contribution in [-0.2, 0) is 36.7 Å². The van der Waals surface area contributed by atoms with Gasteiger partial charge in [-0.2, -0.15) is 0 Å². The number of amides is 2. The summed E-state index contributed by atoms with van der Waals surface area (Å²) in [5, 5.41) is 3.45. The molecule has 3 aliphatic rings. The van der Waals surface area contributed by atoms with Gasteiger partial charge in [0.2, 0.25) is 0 Å². The molecule has 2 aliphatic heterocycles. The molecule has 2 aromatic carbocycles. The monoisotopic (exact) mass is 607 g/mol. The molecule has 3 aromatic rings. The number of fused-ring (bicyclic) bond motifs is 6. The molecule has 226 valence electrons. The number of aryl methyl sites for hydroxylation is 2. The van der Waals surface area contributed by atoms with Crippen LogP contribution >= 0.6 is 11.8 Å². The average Bonchev–Trinajstić information content (AvgIpc) is 3.33. The normalized spacial score (nSPS) is 19.4. The molecule has 11 heteroatoms. The van der Waals surface area contributed by atoms with Gasteiger partial charge in [0.25, 0.3) is 11.8 Å². The largest absolute Gasteiger partial charge is 0.484 e. The first-order chi connectivity index (χ1) is 20.5.